The van der Waals surface area contributed by atoms with Crippen molar-refractivity contribution in [3.8, 4) is 0 Å². The Morgan fingerprint density at radius 2 is 1.71 bits per heavy atom. The second-order valence-electron chi connectivity index (χ2n) is 7.18. The smallest absolute Gasteiger partial charge is 0.253 e. The minimum Gasteiger partial charge on any atom is -0.336 e. The Morgan fingerprint density at radius 3 is 2.39 bits per heavy atom. The quantitative estimate of drug-likeness (QED) is 0.751. The van der Waals surface area contributed by atoms with Crippen LogP contribution in [0.3, 0.4) is 0 Å². The third-order valence-electron chi connectivity index (χ3n) is 4.74. The van der Waals surface area contributed by atoms with Gasteiger partial charge in [-0.2, -0.15) is 0 Å². The van der Waals surface area contributed by atoms with Crippen molar-refractivity contribution in [3.63, 3.8) is 0 Å². The second-order valence-corrected chi connectivity index (χ2v) is 9.32. The molecule has 1 heterocycles. The number of carbonyl (C=O) groups excluding carboxylic acids is 1. The van der Waals surface area contributed by atoms with Gasteiger partial charge in [-0.3, -0.25) is 9.69 Å². The Bertz CT molecular complexity index is 931. The van der Waals surface area contributed by atoms with E-state index in [2.05, 4.69) is 29.2 Å². The van der Waals surface area contributed by atoms with Gasteiger partial charge < -0.3 is 4.90 Å². The molecule has 1 fully saturated rings. The zero-order valence-corrected chi connectivity index (χ0v) is 16.9. The molecule has 28 heavy (non-hydrogen) atoms. The van der Waals surface area contributed by atoms with E-state index in [1.54, 1.807) is 24.3 Å². The van der Waals surface area contributed by atoms with E-state index >= 15 is 0 Å². The molecule has 0 spiro atoms. The van der Waals surface area contributed by atoms with E-state index in [9.17, 15) is 13.2 Å². The first-order valence-electron chi connectivity index (χ1n) is 9.40. The molecular formula is C22H26N2O3S. The monoisotopic (exact) mass is 398 g/mol. The highest BCUT2D eigenvalue weighted by atomic mass is 32.2. The Labute approximate surface area is 167 Å². The minimum atomic E-state index is -3.12. The maximum atomic E-state index is 12.8. The lowest BCUT2D eigenvalue weighted by Gasteiger charge is -2.34. The number of hydrogen-bond acceptors (Lipinski definition) is 4. The molecule has 3 rings (SSSR count). The van der Waals surface area contributed by atoms with Gasteiger partial charge in [0, 0.05) is 44.5 Å². The van der Waals surface area contributed by atoms with Gasteiger partial charge in [0.1, 0.15) is 0 Å². The van der Waals surface area contributed by atoms with E-state index in [0.717, 1.165) is 19.6 Å². The third kappa shape index (κ3) is 6.04. The molecular weight excluding hydrogens is 372 g/mol. The van der Waals surface area contributed by atoms with Crippen LogP contribution in [0.4, 0.5) is 0 Å². The highest BCUT2D eigenvalue weighted by molar-refractivity contribution is 7.89. The van der Waals surface area contributed by atoms with Crippen molar-refractivity contribution in [2.45, 2.75) is 5.75 Å². The van der Waals surface area contributed by atoms with Crippen LogP contribution in [0, 0.1) is 0 Å². The lowest BCUT2D eigenvalue weighted by Crippen LogP contribution is -2.48. The van der Waals surface area contributed by atoms with Crippen LogP contribution in [0.15, 0.2) is 60.7 Å². The van der Waals surface area contributed by atoms with Gasteiger partial charge in [0.15, 0.2) is 9.84 Å². The highest BCUT2D eigenvalue weighted by Gasteiger charge is 2.21. The van der Waals surface area contributed by atoms with Gasteiger partial charge in [0.2, 0.25) is 0 Å². The summed E-state index contributed by atoms with van der Waals surface area (Å²) in [6, 6.07) is 17.1. The summed E-state index contributed by atoms with van der Waals surface area (Å²) in [6.45, 7) is 3.87. The van der Waals surface area contributed by atoms with E-state index in [1.807, 2.05) is 23.1 Å². The van der Waals surface area contributed by atoms with E-state index < -0.39 is 9.84 Å². The number of nitrogens with zero attached hydrogens (tertiary/aromatic N) is 2. The number of rotatable bonds is 6. The van der Waals surface area contributed by atoms with Crippen molar-refractivity contribution >= 4 is 21.8 Å². The van der Waals surface area contributed by atoms with Crippen molar-refractivity contribution in [2.75, 3.05) is 39.0 Å². The molecule has 2 aromatic rings. The average molecular weight is 399 g/mol. The molecule has 6 heteroatoms. The summed E-state index contributed by atoms with van der Waals surface area (Å²) in [5, 5.41) is 0. The second kappa shape index (κ2) is 9.17. The Hall–Kier alpha value is -2.44. The third-order valence-corrected chi connectivity index (χ3v) is 5.59. The predicted octanol–water partition coefficient (Wildman–Crippen LogP) is 2.70. The SMILES string of the molecule is CS(=O)(=O)Cc1cccc(C(=O)N2CCN(C/C=C/c3ccccc3)CC2)c1. The summed E-state index contributed by atoms with van der Waals surface area (Å²) in [6.07, 6.45) is 5.47. The molecule has 2 aromatic carbocycles. The number of carbonyl (C=O) groups is 1. The highest BCUT2D eigenvalue weighted by Crippen LogP contribution is 2.13. The van der Waals surface area contributed by atoms with Gasteiger partial charge in [-0.25, -0.2) is 8.42 Å². The van der Waals surface area contributed by atoms with E-state index in [4.69, 9.17) is 0 Å². The van der Waals surface area contributed by atoms with Crippen molar-refractivity contribution in [1.29, 1.82) is 0 Å². The van der Waals surface area contributed by atoms with Crippen LogP contribution in [0.1, 0.15) is 21.5 Å². The van der Waals surface area contributed by atoms with E-state index in [0.29, 0.717) is 24.2 Å². The zero-order valence-electron chi connectivity index (χ0n) is 16.1. The van der Waals surface area contributed by atoms with E-state index in [-0.39, 0.29) is 11.7 Å². The summed E-state index contributed by atoms with van der Waals surface area (Å²) in [7, 11) is -3.12. The lowest BCUT2D eigenvalue weighted by molar-refractivity contribution is 0.0650. The summed E-state index contributed by atoms with van der Waals surface area (Å²) < 4.78 is 23.0. The minimum absolute atomic E-state index is 0.0326. The molecule has 0 unspecified atom stereocenters. The lowest BCUT2D eigenvalue weighted by atomic mass is 10.1. The Balaban J connectivity index is 1.52. The van der Waals surface area contributed by atoms with Crippen molar-refractivity contribution in [3.05, 3.63) is 77.4 Å². The molecule has 5 nitrogen and oxygen atoms in total. The molecule has 0 N–H and O–H groups in total. The fourth-order valence-electron chi connectivity index (χ4n) is 3.32. The fourth-order valence-corrected chi connectivity index (χ4v) is 4.10. The predicted molar refractivity (Wildman–Crippen MR) is 113 cm³/mol. The average Bonchev–Trinajstić information content (AvgIpc) is 2.68. The van der Waals surface area contributed by atoms with Gasteiger partial charge in [-0.05, 0) is 23.3 Å². The molecule has 0 atom stereocenters. The van der Waals surface area contributed by atoms with Crippen molar-refractivity contribution < 1.29 is 13.2 Å². The number of hydrogen-bond donors (Lipinski definition) is 0. The van der Waals surface area contributed by atoms with Crippen LogP contribution < -0.4 is 0 Å². The van der Waals surface area contributed by atoms with Crippen LogP contribution in [0.5, 0.6) is 0 Å². The zero-order chi connectivity index (χ0) is 20.0. The van der Waals surface area contributed by atoms with Gasteiger partial charge >= 0.3 is 0 Å². The topological polar surface area (TPSA) is 57.7 Å². The van der Waals surface area contributed by atoms with Crippen molar-refractivity contribution in [2.24, 2.45) is 0 Å². The van der Waals surface area contributed by atoms with Crippen LogP contribution >= 0.6 is 0 Å². The van der Waals surface area contributed by atoms with Crippen LogP contribution in [0.25, 0.3) is 6.08 Å². The molecule has 0 aliphatic carbocycles. The summed E-state index contributed by atoms with van der Waals surface area (Å²) in [4.78, 5) is 16.9. The summed E-state index contributed by atoms with van der Waals surface area (Å²) >= 11 is 0. The van der Waals surface area contributed by atoms with E-state index in [1.165, 1.54) is 11.8 Å². The van der Waals surface area contributed by atoms with Gasteiger partial charge in [-0.15, -0.1) is 0 Å². The molecule has 0 aromatic heterocycles. The van der Waals surface area contributed by atoms with Crippen molar-refractivity contribution in [1.82, 2.24) is 9.80 Å². The van der Waals surface area contributed by atoms with Crippen LogP contribution in [-0.2, 0) is 15.6 Å². The first-order chi connectivity index (χ1) is 13.4. The summed E-state index contributed by atoms with van der Waals surface area (Å²) in [5.41, 5.74) is 2.39. The number of piperazine rings is 1. The Kier molecular flexibility index (Phi) is 6.65. The van der Waals surface area contributed by atoms with Gasteiger partial charge in [0.25, 0.3) is 5.91 Å². The molecule has 1 saturated heterocycles. The normalized spacial score (nSPS) is 15.8. The van der Waals surface area contributed by atoms with Crippen LogP contribution in [-0.4, -0.2) is 63.1 Å². The number of benzene rings is 2. The first-order valence-corrected chi connectivity index (χ1v) is 11.5. The Morgan fingerprint density at radius 1 is 1.00 bits per heavy atom. The number of sulfone groups is 1. The molecule has 0 radical (unpaired) electrons. The fraction of sp³-hybridized carbons (Fsp3) is 0.318. The standard InChI is InChI=1S/C22H26N2O3S/c1-28(26,27)18-20-9-5-11-21(17-20)22(25)24-15-13-23(14-16-24)12-6-10-19-7-3-2-4-8-19/h2-11,17H,12-16,18H2,1H3/b10-6+. The van der Waals surface area contributed by atoms with Gasteiger partial charge in [0.05, 0.1) is 5.75 Å². The number of amides is 1. The molecule has 0 bridgehead atoms. The summed E-state index contributed by atoms with van der Waals surface area (Å²) in [5.74, 6) is -0.0786. The molecule has 0 saturated carbocycles. The molecule has 1 aliphatic rings. The molecule has 1 aliphatic heterocycles. The van der Waals surface area contributed by atoms with Gasteiger partial charge in [-0.1, -0.05) is 54.6 Å². The van der Waals surface area contributed by atoms with Crippen LogP contribution in [0.2, 0.25) is 0 Å². The maximum Gasteiger partial charge on any atom is 0.253 e. The largest absolute Gasteiger partial charge is 0.336 e. The first kappa shape index (κ1) is 20.3. The molecule has 148 valence electrons. The molecule has 1 amide bonds. The maximum absolute atomic E-state index is 12.8.